The minimum Gasteiger partial charge on any atom is -0.361 e. The van der Waals surface area contributed by atoms with Crippen molar-refractivity contribution in [2.24, 2.45) is 5.92 Å². The number of nitrogens with zero attached hydrogens (tertiary/aromatic N) is 2. The number of hydrogen-bond acceptors (Lipinski definition) is 4. The average Bonchev–Trinajstić information content (AvgIpc) is 2.81. The van der Waals surface area contributed by atoms with E-state index >= 15 is 0 Å². The van der Waals surface area contributed by atoms with E-state index in [4.69, 9.17) is 0 Å². The molecule has 0 fully saturated rings. The molecule has 0 aromatic carbocycles. The molecule has 1 unspecified atom stereocenters. The molecule has 0 spiro atoms. The molecule has 2 aromatic heterocycles. The van der Waals surface area contributed by atoms with Gasteiger partial charge in [0.05, 0.1) is 10.5 Å². The van der Waals surface area contributed by atoms with Crippen LogP contribution in [0.15, 0.2) is 34.5 Å². The fourth-order valence-corrected chi connectivity index (χ4v) is 2.88. The normalized spacial score (nSPS) is 12.7. The summed E-state index contributed by atoms with van der Waals surface area (Å²) in [5.41, 5.74) is 0. The number of nitrogens with one attached hydrogen (secondary N) is 1. The van der Waals surface area contributed by atoms with Crippen molar-refractivity contribution >= 4 is 33.1 Å². The summed E-state index contributed by atoms with van der Waals surface area (Å²) in [7, 11) is 0. The van der Waals surface area contributed by atoms with Gasteiger partial charge in [0.2, 0.25) is 0 Å². The number of thiophene rings is 1. The lowest BCUT2D eigenvalue weighted by molar-refractivity contribution is 0.551. The van der Waals surface area contributed by atoms with Crippen molar-refractivity contribution in [3.05, 3.63) is 39.4 Å². The summed E-state index contributed by atoms with van der Waals surface area (Å²) in [5.74, 6) is 1.34. The van der Waals surface area contributed by atoms with Crippen molar-refractivity contribution in [3.63, 3.8) is 0 Å². The fourth-order valence-electron chi connectivity index (χ4n) is 1.60. The van der Waals surface area contributed by atoms with E-state index in [2.05, 4.69) is 62.6 Å². The highest BCUT2D eigenvalue weighted by atomic mass is 79.9. The van der Waals surface area contributed by atoms with Crippen LogP contribution in [0.3, 0.4) is 0 Å². The van der Waals surface area contributed by atoms with Crippen molar-refractivity contribution < 1.29 is 0 Å². The SMILES string of the molecule is CC(C)C(Nc1ncncc1Br)c1cccs1. The summed E-state index contributed by atoms with van der Waals surface area (Å²) in [6, 6.07) is 4.50. The van der Waals surface area contributed by atoms with E-state index < -0.39 is 0 Å². The van der Waals surface area contributed by atoms with Crippen LogP contribution in [0.25, 0.3) is 0 Å². The maximum absolute atomic E-state index is 4.25. The molecule has 0 saturated heterocycles. The van der Waals surface area contributed by atoms with E-state index in [1.54, 1.807) is 23.9 Å². The third-order valence-corrected chi connectivity index (χ3v) is 4.01. The molecule has 2 aromatic rings. The highest BCUT2D eigenvalue weighted by molar-refractivity contribution is 9.10. The number of hydrogen-bond donors (Lipinski definition) is 1. The molecule has 2 rings (SSSR count). The van der Waals surface area contributed by atoms with Crippen LogP contribution in [0.5, 0.6) is 0 Å². The van der Waals surface area contributed by atoms with E-state index in [1.807, 2.05) is 0 Å². The Morgan fingerprint density at radius 3 is 2.82 bits per heavy atom. The Kier molecular flexibility index (Phi) is 4.12. The van der Waals surface area contributed by atoms with Crippen molar-refractivity contribution in [2.75, 3.05) is 5.32 Å². The molecule has 1 N–H and O–H groups in total. The van der Waals surface area contributed by atoms with Gasteiger partial charge in [-0.15, -0.1) is 11.3 Å². The second kappa shape index (κ2) is 5.60. The Morgan fingerprint density at radius 2 is 2.24 bits per heavy atom. The Hall–Kier alpha value is -0.940. The minimum atomic E-state index is 0.279. The molecule has 0 radical (unpaired) electrons. The molecule has 0 aliphatic rings. The summed E-state index contributed by atoms with van der Waals surface area (Å²) in [5, 5.41) is 5.56. The topological polar surface area (TPSA) is 37.8 Å². The van der Waals surface area contributed by atoms with E-state index in [0.717, 1.165) is 10.3 Å². The third kappa shape index (κ3) is 3.04. The molecule has 17 heavy (non-hydrogen) atoms. The number of halogens is 1. The lowest BCUT2D eigenvalue weighted by Crippen LogP contribution is -2.16. The van der Waals surface area contributed by atoms with Crippen LogP contribution in [-0.4, -0.2) is 9.97 Å². The number of aromatic nitrogens is 2. The number of anilines is 1. The van der Waals surface area contributed by atoms with Gasteiger partial charge < -0.3 is 5.32 Å². The zero-order chi connectivity index (χ0) is 12.3. The first-order valence-electron chi connectivity index (χ1n) is 5.44. The Bertz CT molecular complexity index is 470. The van der Waals surface area contributed by atoms with Gasteiger partial charge in [-0.3, -0.25) is 0 Å². The summed E-state index contributed by atoms with van der Waals surface area (Å²) in [6.07, 6.45) is 3.31. The highest BCUT2D eigenvalue weighted by Gasteiger charge is 2.18. The molecule has 0 amide bonds. The van der Waals surface area contributed by atoms with E-state index in [9.17, 15) is 0 Å². The first-order valence-corrected chi connectivity index (χ1v) is 7.11. The number of rotatable bonds is 4. The second-order valence-electron chi connectivity index (χ2n) is 4.10. The Balaban J connectivity index is 2.23. The maximum atomic E-state index is 4.25. The summed E-state index contributed by atoms with van der Waals surface area (Å²) in [4.78, 5) is 9.53. The molecule has 1 atom stereocenters. The van der Waals surface area contributed by atoms with Gasteiger partial charge in [0.15, 0.2) is 0 Å². The highest BCUT2D eigenvalue weighted by Crippen LogP contribution is 2.31. The predicted molar refractivity (Wildman–Crippen MR) is 75.3 cm³/mol. The van der Waals surface area contributed by atoms with Crippen molar-refractivity contribution in [3.8, 4) is 0 Å². The van der Waals surface area contributed by atoms with Crippen LogP contribution in [0.4, 0.5) is 5.82 Å². The molecular weight excluding hydrogens is 298 g/mol. The quantitative estimate of drug-likeness (QED) is 0.923. The maximum Gasteiger partial charge on any atom is 0.144 e. The lowest BCUT2D eigenvalue weighted by Gasteiger charge is -2.22. The van der Waals surface area contributed by atoms with Crippen molar-refractivity contribution in [1.29, 1.82) is 0 Å². The Labute approximate surface area is 113 Å². The smallest absolute Gasteiger partial charge is 0.144 e. The van der Waals surface area contributed by atoms with Crippen molar-refractivity contribution in [2.45, 2.75) is 19.9 Å². The molecule has 2 heterocycles. The van der Waals surface area contributed by atoms with Crippen LogP contribution in [0.1, 0.15) is 24.8 Å². The van der Waals surface area contributed by atoms with Gasteiger partial charge in [-0.05, 0) is 33.3 Å². The zero-order valence-electron chi connectivity index (χ0n) is 9.72. The first kappa shape index (κ1) is 12.5. The van der Waals surface area contributed by atoms with Gasteiger partial charge in [-0.1, -0.05) is 19.9 Å². The van der Waals surface area contributed by atoms with Gasteiger partial charge in [-0.2, -0.15) is 0 Å². The molecule has 0 saturated carbocycles. The molecular formula is C12H14BrN3S. The third-order valence-electron chi connectivity index (χ3n) is 2.48. The average molecular weight is 312 g/mol. The zero-order valence-corrected chi connectivity index (χ0v) is 12.1. The van der Waals surface area contributed by atoms with E-state index in [0.29, 0.717) is 5.92 Å². The molecule has 0 aliphatic carbocycles. The predicted octanol–water partition coefficient (Wildman–Crippen LogP) is 4.11. The van der Waals surface area contributed by atoms with E-state index in [1.165, 1.54) is 4.88 Å². The van der Waals surface area contributed by atoms with E-state index in [-0.39, 0.29) is 6.04 Å². The van der Waals surface area contributed by atoms with Crippen LogP contribution in [0.2, 0.25) is 0 Å². The van der Waals surface area contributed by atoms with Gasteiger partial charge in [0, 0.05) is 11.1 Å². The van der Waals surface area contributed by atoms with Gasteiger partial charge >= 0.3 is 0 Å². The van der Waals surface area contributed by atoms with Crippen LogP contribution >= 0.6 is 27.3 Å². The first-order chi connectivity index (χ1) is 8.18. The minimum absolute atomic E-state index is 0.279. The summed E-state index contributed by atoms with van der Waals surface area (Å²) >= 11 is 5.22. The van der Waals surface area contributed by atoms with Crippen molar-refractivity contribution in [1.82, 2.24) is 9.97 Å². The van der Waals surface area contributed by atoms with Gasteiger partial charge in [-0.25, -0.2) is 9.97 Å². The molecule has 0 aliphatic heterocycles. The monoisotopic (exact) mass is 311 g/mol. The van der Waals surface area contributed by atoms with Crippen LogP contribution in [0, 0.1) is 5.92 Å². The standard InChI is InChI=1S/C12H14BrN3S/c1-8(2)11(10-4-3-5-17-10)16-12-9(13)6-14-7-15-12/h3-8,11H,1-2H3,(H,14,15,16). The van der Waals surface area contributed by atoms with Crippen LogP contribution < -0.4 is 5.32 Å². The van der Waals surface area contributed by atoms with Crippen LogP contribution in [-0.2, 0) is 0 Å². The fraction of sp³-hybridized carbons (Fsp3) is 0.333. The summed E-state index contributed by atoms with van der Waals surface area (Å²) in [6.45, 7) is 4.40. The molecule has 90 valence electrons. The molecule has 0 bridgehead atoms. The Morgan fingerprint density at radius 1 is 1.41 bits per heavy atom. The molecule has 5 heteroatoms. The second-order valence-corrected chi connectivity index (χ2v) is 5.93. The van der Waals surface area contributed by atoms with Gasteiger partial charge in [0.25, 0.3) is 0 Å². The lowest BCUT2D eigenvalue weighted by atomic mass is 10.0. The van der Waals surface area contributed by atoms with Gasteiger partial charge in [0.1, 0.15) is 12.1 Å². The molecule has 3 nitrogen and oxygen atoms in total. The largest absolute Gasteiger partial charge is 0.361 e. The summed E-state index contributed by atoms with van der Waals surface area (Å²) < 4.78 is 0.891.